The molecule has 0 saturated carbocycles. The van der Waals surface area contributed by atoms with Crippen LogP contribution in [0.5, 0.6) is 0 Å². The fourth-order valence-electron chi connectivity index (χ4n) is 4.90. The van der Waals surface area contributed by atoms with E-state index in [4.69, 9.17) is 9.97 Å². The van der Waals surface area contributed by atoms with Crippen molar-refractivity contribution >= 4 is 44.0 Å². The van der Waals surface area contributed by atoms with E-state index >= 15 is 0 Å². The highest BCUT2D eigenvalue weighted by Crippen LogP contribution is 2.36. The Hall–Kier alpha value is -4.38. The van der Waals surface area contributed by atoms with Gasteiger partial charge in [-0.3, -0.25) is 9.99 Å². The summed E-state index contributed by atoms with van der Waals surface area (Å²) < 4.78 is 4.48. The summed E-state index contributed by atoms with van der Waals surface area (Å²) in [6, 6.07) is 25.1. The highest BCUT2D eigenvalue weighted by Gasteiger charge is 2.22. The van der Waals surface area contributed by atoms with E-state index in [0.29, 0.717) is 0 Å². The zero-order chi connectivity index (χ0) is 23.4. The highest BCUT2D eigenvalue weighted by atomic mass is 15.6. The Balaban J connectivity index is 1.83. The Morgan fingerprint density at radius 2 is 1.56 bits per heavy atom. The van der Waals surface area contributed by atoms with Gasteiger partial charge >= 0.3 is 0 Å². The second-order valence-electron chi connectivity index (χ2n) is 8.57. The lowest BCUT2D eigenvalue weighted by atomic mass is 10.2. The molecule has 0 fully saturated rings. The number of nitrogens with zero attached hydrogens (tertiary/aromatic N) is 5. The lowest BCUT2D eigenvalue weighted by Crippen LogP contribution is -2.30. The van der Waals surface area contributed by atoms with E-state index in [-0.39, 0.29) is 0 Å². The molecule has 0 unspecified atom stereocenters. The molecule has 0 bridgehead atoms. The van der Waals surface area contributed by atoms with Gasteiger partial charge in [0.25, 0.3) is 0 Å². The summed E-state index contributed by atoms with van der Waals surface area (Å²) in [7, 11) is 0. The molecule has 0 N–H and O–H groups in total. The van der Waals surface area contributed by atoms with Crippen molar-refractivity contribution in [3.8, 4) is 5.69 Å². The molecule has 166 valence electrons. The van der Waals surface area contributed by atoms with E-state index in [9.17, 15) is 0 Å². The molecule has 0 amide bonds. The molecule has 6 aromatic rings. The summed E-state index contributed by atoms with van der Waals surface area (Å²) in [6.07, 6.45) is 3.94. The number of benzene rings is 2. The predicted molar refractivity (Wildman–Crippen MR) is 142 cm³/mol. The summed E-state index contributed by atoms with van der Waals surface area (Å²) in [5, 5.41) is 3.26. The first-order chi connectivity index (χ1) is 16.6. The minimum absolute atomic E-state index is 0.902. The maximum Gasteiger partial charge on any atom is 0.116 e. The number of para-hydroxylation sites is 2. The molecule has 34 heavy (non-hydrogen) atoms. The van der Waals surface area contributed by atoms with Gasteiger partial charge < -0.3 is 4.57 Å². The number of aromatic nitrogens is 4. The third-order valence-electron chi connectivity index (χ3n) is 6.42. The van der Waals surface area contributed by atoms with Gasteiger partial charge in [0.1, 0.15) is 11.0 Å². The van der Waals surface area contributed by atoms with Crippen LogP contribution in [-0.4, -0.2) is 19.2 Å². The molecule has 4 heterocycles. The molecule has 0 spiro atoms. The van der Waals surface area contributed by atoms with Gasteiger partial charge in [-0.25, -0.2) is 9.66 Å². The molecule has 2 aromatic carbocycles. The minimum Gasteiger partial charge on any atom is -0.306 e. The number of fused-ring (bicyclic) bond motifs is 6. The van der Waals surface area contributed by atoms with Gasteiger partial charge in [-0.2, -0.15) is 0 Å². The lowest BCUT2D eigenvalue weighted by molar-refractivity contribution is 0.782. The summed E-state index contributed by atoms with van der Waals surface area (Å²) in [5.74, 6) is 0. The first-order valence-corrected chi connectivity index (χ1v) is 11.4. The van der Waals surface area contributed by atoms with Gasteiger partial charge in [0.15, 0.2) is 0 Å². The average Bonchev–Trinajstić information content (AvgIpc) is 3.36. The lowest BCUT2D eigenvalue weighted by Gasteiger charge is -2.28. The molecule has 6 rings (SSSR count). The van der Waals surface area contributed by atoms with E-state index in [2.05, 4.69) is 101 Å². The molecule has 0 aliphatic carbocycles. The number of pyridine rings is 2. The van der Waals surface area contributed by atoms with E-state index in [1.807, 2.05) is 25.3 Å². The van der Waals surface area contributed by atoms with Gasteiger partial charge in [-0.15, -0.1) is 0 Å². The Labute approximate surface area is 197 Å². The minimum atomic E-state index is 0.902. The predicted octanol–water partition coefficient (Wildman–Crippen LogP) is 7.08. The maximum absolute atomic E-state index is 5.25. The van der Waals surface area contributed by atoms with Crippen LogP contribution < -0.4 is 5.01 Å². The normalized spacial score (nSPS) is 12.3. The van der Waals surface area contributed by atoms with Crippen molar-refractivity contribution in [3.63, 3.8) is 0 Å². The first-order valence-electron chi connectivity index (χ1n) is 11.4. The molecule has 0 atom stereocenters. The Kier molecular flexibility index (Phi) is 4.52. The topological polar surface area (TPSA) is 38.9 Å². The SMILES string of the molecule is C=C(C)N(/C(C)=C/C)n1c2ccccc2c2nc3c4ncccc4n(-c4ccccc4)c3cc21. The largest absolute Gasteiger partial charge is 0.306 e. The van der Waals surface area contributed by atoms with Crippen LogP contribution in [0.4, 0.5) is 0 Å². The van der Waals surface area contributed by atoms with E-state index in [0.717, 1.165) is 61.1 Å². The molecular weight excluding hydrogens is 418 g/mol. The summed E-state index contributed by atoms with van der Waals surface area (Å²) in [5.41, 5.74) is 10.1. The van der Waals surface area contributed by atoms with Gasteiger partial charge in [0.05, 0.1) is 27.6 Å². The van der Waals surface area contributed by atoms with Gasteiger partial charge in [-0.1, -0.05) is 49.1 Å². The summed E-state index contributed by atoms with van der Waals surface area (Å²) >= 11 is 0. The van der Waals surface area contributed by atoms with Crippen molar-refractivity contribution in [2.75, 3.05) is 5.01 Å². The van der Waals surface area contributed by atoms with E-state index < -0.39 is 0 Å². The fraction of sp³-hybridized carbons (Fsp3) is 0.103. The molecular formula is C29H25N5. The maximum atomic E-state index is 5.25. The Morgan fingerprint density at radius 3 is 2.32 bits per heavy atom. The quantitative estimate of drug-likeness (QED) is 0.292. The molecule has 0 aliphatic rings. The van der Waals surface area contributed by atoms with Crippen LogP contribution in [0.1, 0.15) is 20.8 Å². The van der Waals surface area contributed by atoms with Crippen LogP contribution in [0.3, 0.4) is 0 Å². The Bertz CT molecular complexity index is 1750. The van der Waals surface area contributed by atoms with Crippen molar-refractivity contribution in [1.29, 1.82) is 0 Å². The number of hydrogen-bond donors (Lipinski definition) is 0. The zero-order valence-corrected chi connectivity index (χ0v) is 19.5. The van der Waals surface area contributed by atoms with Crippen molar-refractivity contribution in [1.82, 2.24) is 19.2 Å². The fourth-order valence-corrected chi connectivity index (χ4v) is 4.90. The number of allylic oxidation sites excluding steroid dienone is 3. The third kappa shape index (κ3) is 2.80. The molecule has 0 saturated heterocycles. The molecule has 0 radical (unpaired) electrons. The van der Waals surface area contributed by atoms with Crippen LogP contribution in [-0.2, 0) is 0 Å². The monoisotopic (exact) mass is 443 g/mol. The van der Waals surface area contributed by atoms with Crippen molar-refractivity contribution in [2.45, 2.75) is 20.8 Å². The summed E-state index contributed by atoms with van der Waals surface area (Å²) in [6.45, 7) is 10.5. The molecule has 5 nitrogen and oxygen atoms in total. The molecule has 0 aliphatic heterocycles. The summed E-state index contributed by atoms with van der Waals surface area (Å²) in [4.78, 5) is 9.98. The van der Waals surface area contributed by atoms with Crippen molar-refractivity contribution in [3.05, 3.63) is 103 Å². The van der Waals surface area contributed by atoms with Crippen LogP contribution >= 0.6 is 0 Å². The number of hydrogen-bond acceptors (Lipinski definition) is 3. The average molecular weight is 444 g/mol. The second kappa shape index (κ2) is 7.59. The van der Waals surface area contributed by atoms with Gasteiger partial charge in [0.2, 0.25) is 0 Å². The second-order valence-corrected chi connectivity index (χ2v) is 8.57. The van der Waals surface area contributed by atoms with Crippen LogP contribution in [0.25, 0.3) is 49.7 Å². The van der Waals surface area contributed by atoms with Gasteiger partial charge in [-0.05, 0) is 57.2 Å². The van der Waals surface area contributed by atoms with Crippen LogP contribution in [0.2, 0.25) is 0 Å². The van der Waals surface area contributed by atoms with Gasteiger partial charge in [0, 0.05) is 28.7 Å². The Morgan fingerprint density at radius 1 is 0.824 bits per heavy atom. The standard InChI is InChI=1S/C29H25N5/c1-5-20(4)33(19(2)3)34-23-15-10-9-14-22(23)27-26(34)18-25-29(31-27)28-24(16-11-17-30-28)32(25)21-12-7-6-8-13-21/h5-18H,2H2,1,3-4H3/b20-5+. The smallest absolute Gasteiger partial charge is 0.116 e. The van der Waals surface area contributed by atoms with Crippen molar-refractivity contribution < 1.29 is 0 Å². The van der Waals surface area contributed by atoms with E-state index in [1.165, 1.54) is 0 Å². The molecule has 4 aromatic heterocycles. The zero-order valence-electron chi connectivity index (χ0n) is 19.5. The van der Waals surface area contributed by atoms with E-state index in [1.54, 1.807) is 0 Å². The van der Waals surface area contributed by atoms with Crippen LogP contribution in [0, 0.1) is 0 Å². The third-order valence-corrected chi connectivity index (χ3v) is 6.42. The first kappa shape index (κ1) is 20.2. The molecule has 5 heteroatoms. The van der Waals surface area contributed by atoms with Crippen LogP contribution in [0.15, 0.2) is 103 Å². The highest BCUT2D eigenvalue weighted by molar-refractivity contribution is 6.13. The number of rotatable bonds is 4. The van der Waals surface area contributed by atoms with Crippen molar-refractivity contribution in [2.24, 2.45) is 0 Å².